The van der Waals surface area contributed by atoms with Crippen LogP contribution < -0.4 is 0 Å². The molecule has 0 heterocycles. The SMILES string of the molecule is COC1CC(C)C(OC)C(C)C1C. The minimum absolute atomic E-state index is 0.404. The van der Waals surface area contributed by atoms with E-state index in [9.17, 15) is 0 Å². The van der Waals surface area contributed by atoms with Gasteiger partial charge in [-0.25, -0.2) is 0 Å². The van der Waals surface area contributed by atoms with Crippen molar-refractivity contribution in [3.63, 3.8) is 0 Å². The van der Waals surface area contributed by atoms with Crippen molar-refractivity contribution in [1.29, 1.82) is 0 Å². The molecule has 78 valence electrons. The van der Waals surface area contributed by atoms with E-state index in [1.165, 1.54) is 0 Å². The Balaban J connectivity index is 2.66. The summed E-state index contributed by atoms with van der Waals surface area (Å²) in [6.45, 7) is 6.78. The van der Waals surface area contributed by atoms with Crippen LogP contribution in [0.4, 0.5) is 0 Å². The molecule has 0 radical (unpaired) electrons. The van der Waals surface area contributed by atoms with Gasteiger partial charge in [0.1, 0.15) is 0 Å². The third-order valence-corrected chi connectivity index (χ3v) is 3.67. The third-order valence-electron chi connectivity index (χ3n) is 3.67. The second kappa shape index (κ2) is 4.43. The molecule has 13 heavy (non-hydrogen) atoms. The first kappa shape index (κ1) is 11.0. The molecule has 0 bridgehead atoms. The molecule has 0 aromatic heterocycles. The summed E-state index contributed by atoms with van der Waals surface area (Å²) in [6.07, 6.45) is 1.94. The van der Waals surface area contributed by atoms with Crippen molar-refractivity contribution in [1.82, 2.24) is 0 Å². The molecule has 0 aliphatic heterocycles. The van der Waals surface area contributed by atoms with E-state index in [2.05, 4.69) is 20.8 Å². The van der Waals surface area contributed by atoms with Crippen LogP contribution in [0.25, 0.3) is 0 Å². The third kappa shape index (κ3) is 2.05. The van der Waals surface area contributed by atoms with Crippen LogP contribution in [-0.4, -0.2) is 26.4 Å². The van der Waals surface area contributed by atoms with E-state index in [0.717, 1.165) is 6.42 Å². The Morgan fingerprint density at radius 3 is 2.00 bits per heavy atom. The summed E-state index contributed by atoms with van der Waals surface area (Å²) in [7, 11) is 3.63. The van der Waals surface area contributed by atoms with E-state index in [1.807, 2.05) is 14.2 Å². The largest absolute Gasteiger partial charge is 0.381 e. The minimum Gasteiger partial charge on any atom is -0.381 e. The fraction of sp³-hybridized carbons (Fsp3) is 1.00. The quantitative estimate of drug-likeness (QED) is 0.659. The lowest BCUT2D eigenvalue weighted by molar-refractivity contribution is -0.0928. The molecule has 1 saturated carbocycles. The zero-order valence-corrected chi connectivity index (χ0v) is 9.41. The van der Waals surface area contributed by atoms with E-state index in [0.29, 0.717) is 30.0 Å². The molecule has 1 fully saturated rings. The summed E-state index contributed by atoms with van der Waals surface area (Å²) < 4.78 is 11.0. The number of rotatable bonds is 2. The van der Waals surface area contributed by atoms with Crippen LogP contribution in [0.5, 0.6) is 0 Å². The second-order valence-corrected chi connectivity index (χ2v) is 4.41. The van der Waals surface area contributed by atoms with E-state index in [1.54, 1.807) is 0 Å². The Kier molecular flexibility index (Phi) is 3.74. The van der Waals surface area contributed by atoms with Gasteiger partial charge in [-0.05, 0) is 24.2 Å². The molecule has 0 spiro atoms. The molecule has 5 unspecified atom stereocenters. The van der Waals surface area contributed by atoms with Gasteiger partial charge < -0.3 is 9.47 Å². The van der Waals surface area contributed by atoms with Crippen molar-refractivity contribution in [2.75, 3.05) is 14.2 Å². The Morgan fingerprint density at radius 1 is 0.923 bits per heavy atom. The molecule has 5 atom stereocenters. The molecule has 1 aliphatic carbocycles. The molecule has 2 heteroatoms. The van der Waals surface area contributed by atoms with Gasteiger partial charge in [-0.15, -0.1) is 0 Å². The Morgan fingerprint density at radius 2 is 1.54 bits per heavy atom. The maximum absolute atomic E-state index is 5.52. The zero-order valence-electron chi connectivity index (χ0n) is 9.41. The maximum atomic E-state index is 5.52. The van der Waals surface area contributed by atoms with Gasteiger partial charge >= 0.3 is 0 Å². The van der Waals surface area contributed by atoms with Crippen LogP contribution >= 0.6 is 0 Å². The monoisotopic (exact) mass is 186 g/mol. The molecule has 2 nitrogen and oxygen atoms in total. The number of hydrogen-bond acceptors (Lipinski definition) is 2. The van der Waals surface area contributed by atoms with Gasteiger partial charge in [0.25, 0.3) is 0 Å². The zero-order chi connectivity index (χ0) is 10.0. The average molecular weight is 186 g/mol. The molecule has 1 rings (SSSR count). The molecule has 0 saturated heterocycles. The van der Waals surface area contributed by atoms with Crippen molar-refractivity contribution in [3.8, 4) is 0 Å². The van der Waals surface area contributed by atoms with Crippen LogP contribution in [0.1, 0.15) is 27.2 Å². The summed E-state index contributed by atoms with van der Waals surface area (Å²) in [5, 5.41) is 0. The van der Waals surface area contributed by atoms with Gasteiger partial charge in [-0.3, -0.25) is 0 Å². The van der Waals surface area contributed by atoms with Crippen LogP contribution in [-0.2, 0) is 9.47 Å². The molecule has 0 amide bonds. The molecule has 0 N–H and O–H groups in total. The Bertz CT molecular complexity index is 158. The fourth-order valence-electron chi connectivity index (χ4n) is 2.63. The highest BCUT2D eigenvalue weighted by Crippen LogP contribution is 2.36. The summed E-state index contributed by atoms with van der Waals surface area (Å²) >= 11 is 0. The van der Waals surface area contributed by atoms with Gasteiger partial charge in [0.05, 0.1) is 12.2 Å². The second-order valence-electron chi connectivity index (χ2n) is 4.41. The van der Waals surface area contributed by atoms with Crippen LogP contribution in [0.15, 0.2) is 0 Å². The highest BCUT2D eigenvalue weighted by Gasteiger charge is 2.38. The number of hydrogen-bond donors (Lipinski definition) is 0. The smallest absolute Gasteiger partial charge is 0.0626 e. The minimum atomic E-state index is 0.404. The maximum Gasteiger partial charge on any atom is 0.0626 e. The first-order valence-electron chi connectivity index (χ1n) is 5.17. The van der Waals surface area contributed by atoms with E-state index in [-0.39, 0.29) is 0 Å². The highest BCUT2D eigenvalue weighted by atomic mass is 16.5. The molecule has 1 aliphatic rings. The van der Waals surface area contributed by atoms with Gasteiger partial charge in [-0.2, -0.15) is 0 Å². The molecular weight excluding hydrogens is 164 g/mol. The van der Waals surface area contributed by atoms with Crippen molar-refractivity contribution >= 4 is 0 Å². The Hall–Kier alpha value is -0.0800. The van der Waals surface area contributed by atoms with Gasteiger partial charge in [0, 0.05) is 14.2 Å². The predicted octanol–water partition coefficient (Wildman–Crippen LogP) is 2.33. The lowest BCUT2D eigenvalue weighted by Crippen LogP contribution is -2.44. The fourth-order valence-corrected chi connectivity index (χ4v) is 2.63. The highest BCUT2D eigenvalue weighted by molar-refractivity contribution is 4.88. The standard InChI is InChI=1S/C11H22O2/c1-7-6-10(12-4)8(2)9(3)11(7)13-5/h7-11H,6H2,1-5H3. The predicted molar refractivity (Wildman–Crippen MR) is 53.7 cm³/mol. The van der Waals surface area contributed by atoms with Crippen molar-refractivity contribution < 1.29 is 9.47 Å². The van der Waals surface area contributed by atoms with Crippen LogP contribution in [0.2, 0.25) is 0 Å². The first-order chi connectivity index (χ1) is 6.11. The van der Waals surface area contributed by atoms with Gasteiger partial charge in [0.2, 0.25) is 0 Å². The molecule has 0 aromatic carbocycles. The first-order valence-corrected chi connectivity index (χ1v) is 5.17. The van der Waals surface area contributed by atoms with Crippen LogP contribution in [0, 0.1) is 17.8 Å². The summed E-state index contributed by atoms with van der Waals surface area (Å²) in [5.74, 6) is 1.81. The lowest BCUT2D eigenvalue weighted by Gasteiger charge is -2.42. The van der Waals surface area contributed by atoms with Crippen LogP contribution in [0.3, 0.4) is 0 Å². The Labute approximate surface area is 81.6 Å². The number of ether oxygens (including phenoxy) is 2. The topological polar surface area (TPSA) is 18.5 Å². The summed E-state index contributed by atoms with van der Waals surface area (Å²) in [6, 6.07) is 0. The van der Waals surface area contributed by atoms with Crippen molar-refractivity contribution in [2.24, 2.45) is 17.8 Å². The molecule has 0 aromatic rings. The number of methoxy groups -OCH3 is 2. The molecular formula is C11H22O2. The van der Waals surface area contributed by atoms with E-state index < -0.39 is 0 Å². The van der Waals surface area contributed by atoms with Gasteiger partial charge in [-0.1, -0.05) is 20.8 Å². The van der Waals surface area contributed by atoms with Crippen molar-refractivity contribution in [3.05, 3.63) is 0 Å². The summed E-state index contributed by atoms with van der Waals surface area (Å²) in [4.78, 5) is 0. The average Bonchev–Trinajstić information content (AvgIpc) is 2.12. The van der Waals surface area contributed by atoms with E-state index >= 15 is 0 Å². The van der Waals surface area contributed by atoms with E-state index in [4.69, 9.17) is 9.47 Å². The summed E-state index contributed by atoms with van der Waals surface area (Å²) in [5.41, 5.74) is 0. The normalized spacial score (nSPS) is 46.4. The lowest BCUT2D eigenvalue weighted by atomic mass is 9.72. The van der Waals surface area contributed by atoms with Gasteiger partial charge in [0.15, 0.2) is 0 Å². The van der Waals surface area contributed by atoms with Crippen molar-refractivity contribution in [2.45, 2.75) is 39.4 Å².